The highest BCUT2D eigenvalue weighted by Gasteiger charge is 2.30. The van der Waals surface area contributed by atoms with Crippen LogP contribution in [-0.2, 0) is 9.53 Å². The predicted molar refractivity (Wildman–Crippen MR) is 68.6 cm³/mol. The minimum Gasteiger partial charge on any atom is -0.375 e. The van der Waals surface area contributed by atoms with Gasteiger partial charge in [-0.25, -0.2) is 0 Å². The average Bonchev–Trinajstić information content (AvgIpc) is 2.80. The molecule has 1 unspecified atom stereocenters. The summed E-state index contributed by atoms with van der Waals surface area (Å²) in [7, 11) is 1.57. The molecule has 0 aromatic carbocycles. The lowest BCUT2D eigenvalue weighted by Gasteiger charge is -2.32. The van der Waals surface area contributed by atoms with Gasteiger partial charge in [-0.3, -0.25) is 9.69 Å². The molecule has 2 aliphatic rings. The first-order chi connectivity index (χ1) is 7.81. The molecule has 1 N–H and O–H groups in total. The van der Waals surface area contributed by atoms with Gasteiger partial charge in [0.25, 0.3) is 0 Å². The van der Waals surface area contributed by atoms with Crippen LogP contribution in [0, 0.1) is 0 Å². The standard InChI is InChI=1S/C11H21N3O2.ClH/c1-16-9-11(15)14-5-2-10(8-14)13-6-3-12-4-7-13;/h10,12H,2-9H2,1H3;1H. The fourth-order valence-corrected chi connectivity index (χ4v) is 2.53. The lowest BCUT2D eigenvalue weighted by atomic mass is 10.2. The Balaban J connectivity index is 0.00000144. The summed E-state index contributed by atoms with van der Waals surface area (Å²) in [5.41, 5.74) is 0. The first kappa shape index (κ1) is 14.7. The third kappa shape index (κ3) is 3.81. The molecular weight excluding hydrogens is 242 g/mol. The summed E-state index contributed by atoms with van der Waals surface area (Å²) < 4.78 is 4.88. The minimum atomic E-state index is 0. The van der Waals surface area contributed by atoms with Crippen molar-refractivity contribution >= 4 is 18.3 Å². The molecule has 1 amide bonds. The van der Waals surface area contributed by atoms with Crippen molar-refractivity contribution in [1.82, 2.24) is 15.1 Å². The van der Waals surface area contributed by atoms with Crippen molar-refractivity contribution in [3.63, 3.8) is 0 Å². The van der Waals surface area contributed by atoms with Crippen LogP contribution in [0.3, 0.4) is 0 Å². The highest BCUT2D eigenvalue weighted by molar-refractivity contribution is 5.85. The summed E-state index contributed by atoms with van der Waals surface area (Å²) in [4.78, 5) is 16.1. The number of piperazine rings is 1. The fourth-order valence-electron chi connectivity index (χ4n) is 2.53. The largest absolute Gasteiger partial charge is 0.375 e. The van der Waals surface area contributed by atoms with E-state index in [1.807, 2.05) is 4.90 Å². The Morgan fingerprint density at radius 2 is 2.06 bits per heavy atom. The number of carbonyl (C=O) groups excluding carboxylic acids is 1. The van der Waals surface area contributed by atoms with Gasteiger partial charge in [-0.15, -0.1) is 12.4 Å². The SMILES string of the molecule is COCC(=O)N1CCC(N2CCNCC2)C1.Cl. The van der Waals surface area contributed by atoms with Gasteiger partial charge in [-0.05, 0) is 6.42 Å². The molecule has 100 valence electrons. The van der Waals surface area contributed by atoms with Gasteiger partial charge in [0.2, 0.25) is 5.91 Å². The molecule has 0 aromatic heterocycles. The molecular formula is C11H22ClN3O2. The van der Waals surface area contributed by atoms with Gasteiger partial charge in [0.1, 0.15) is 6.61 Å². The highest BCUT2D eigenvalue weighted by Crippen LogP contribution is 2.16. The van der Waals surface area contributed by atoms with E-state index in [-0.39, 0.29) is 24.9 Å². The first-order valence-corrected chi connectivity index (χ1v) is 6.02. The van der Waals surface area contributed by atoms with Crippen molar-refractivity contribution in [3.05, 3.63) is 0 Å². The Morgan fingerprint density at radius 1 is 1.35 bits per heavy atom. The lowest BCUT2D eigenvalue weighted by Crippen LogP contribution is -2.49. The number of hydrogen-bond acceptors (Lipinski definition) is 4. The number of ether oxygens (including phenoxy) is 1. The van der Waals surface area contributed by atoms with Crippen LogP contribution in [0.25, 0.3) is 0 Å². The smallest absolute Gasteiger partial charge is 0.248 e. The quantitative estimate of drug-likeness (QED) is 0.750. The second kappa shape index (κ2) is 7.16. The summed E-state index contributed by atoms with van der Waals surface area (Å²) in [5, 5.41) is 3.35. The molecule has 0 bridgehead atoms. The van der Waals surface area contributed by atoms with Crippen LogP contribution >= 0.6 is 12.4 Å². The molecule has 2 saturated heterocycles. The Hall–Kier alpha value is -0.360. The maximum absolute atomic E-state index is 11.6. The topological polar surface area (TPSA) is 44.8 Å². The number of carbonyl (C=O) groups is 1. The molecule has 2 fully saturated rings. The number of likely N-dealkylation sites (tertiary alicyclic amines) is 1. The molecule has 6 heteroatoms. The second-order valence-corrected chi connectivity index (χ2v) is 4.50. The molecule has 2 rings (SSSR count). The Labute approximate surface area is 109 Å². The third-order valence-corrected chi connectivity index (χ3v) is 3.45. The molecule has 0 aromatic rings. The fraction of sp³-hybridized carbons (Fsp3) is 0.909. The van der Waals surface area contributed by atoms with E-state index in [1.54, 1.807) is 7.11 Å². The Kier molecular flexibility index (Phi) is 6.19. The zero-order valence-corrected chi connectivity index (χ0v) is 11.2. The van der Waals surface area contributed by atoms with Crippen LogP contribution in [0.4, 0.5) is 0 Å². The number of amides is 1. The molecule has 0 aliphatic carbocycles. The second-order valence-electron chi connectivity index (χ2n) is 4.50. The van der Waals surface area contributed by atoms with E-state index < -0.39 is 0 Å². The predicted octanol–water partition coefficient (Wildman–Crippen LogP) is -0.439. The van der Waals surface area contributed by atoms with E-state index in [4.69, 9.17) is 4.74 Å². The van der Waals surface area contributed by atoms with Gasteiger partial charge in [0.05, 0.1) is 0 Å². The number of nitrogens with one attached hydrogen (secondary N) is 1. The number of rotatable bonds is 3. The van der Waals surface area contributed by atoms with E-state index >= 15 is 0 Å². The molecule has 0 radical (unpaired) electrons. The number of hydrogen-bond donors (Lipinski definition) is 1. The van der Waals surface area contributed by atoms with Crippen molar-refractivity contribution in [1.29, 1.82) is 0 Å². The summed E-state index contributed by atoms with van der Waals surface area (Å²) >= 11 is 0. The summed E-state index contributed by atoms with van der Waals surface area (Å²) in [5.74, 6) is 0.125. The van der Waals surface area contributed by atoms with Crippen LogP contribution in [0.5, 0.6) is 0 Å². The van der Waals surface area contributed by atoms with Crippen molar-refractivity contribution in [3.8, 4) is 0 Å². The van der Waals surface area contributed by atoms with Gasteiger partial charge < -0.3 is 15.0 Å². The summed E-state index contributed by atoms with van der Waals surface area (Å²) in [6.45, 7) is 6.34. The highest BCUT2D eigenvalue weighted by atomic mass is 35.5. The molecule has 0 spiro atoms. The zero-order chi connectivity index (χ0) is 11.4. The van der Waals surface area contributed by atoms with E-state index in [1.165, 1.54) is 0 Å². The molecule has 5 nitrogen and oxygen atoms in total. The molecule has 2 aliphatic heterocycles. The van der Waals surface area contributed by atoms with E-state index in [0.717, 1.165) is 45.7 Å². The average molecular weight is 264 g/mol. The minimum absolute atomic E-state index is 0. The third-order valence-electron chi connectivity index (χ3n) is 3.45. The lowest BCUT2D eigenvalue weighted by molar-refractivity contribution is -0.134. The summed E-state index contributed by atoms with van der Waals surface area (Å²) in [6, 6.07) is 0.558. The van der Waals surface area contributed by atoms with Crippen molar-refractivity contribution in [2.24, 2.45) is 0 Å². The normalized spacial score (nSPS) is 25.7. The van der Waals surface area contributed by atoms with Crippen LogP contribution in [0.1, 0.15) is 6.42 Å². The maximum atomic E-state index is 11.6. The Morgan fingerprint density at radius 3 is 2.71 bits per heavy atom. The number of halogens is 1. The number of methoxy groups -OCH3 is 1. The van der Waals surface area contributed by atoms with E-state index in [9.17, 15) is 4.79 Å². The molecule has 17 heavy (non-hydrogen) atoms. The monoisotopic (exact) mass is 263 g/mol. The maximum Gasteiger partial charge on any atom is 0.248 e. The van der Waals surface area contributed by atoms with Gasteiger partial charge >= 0.3 is 0 Å². The molecule has 0 saturated carbocycles. The Bertz CT molecular complexity index is 247. The van der Waals surface area contributed by atoms with Crippen molar-refractivity contribution < 1.29 is 9.53 Å². The van der Waals surface area contributed by atoms with E-state index in [2.05, 4.69) is 10.2 Å². The molecule has 1 atom stereocenters. The first-order valence-electron chi connectivity index (χ1n) is 6.02. The van der Waals surface area contributed by atoms with Crippen molar-refractivity contribution in [2.45, 2.75) is 12.5 Å². The zero-order valence-electron chi connectivity index (χ0n) is 10.4. The van der Waals surface area contributed by atoms with Crippen LogP contribution in [0.2, 0.25) is 0 Å². The molecule has 2 heterocycles. The van der Waals surface area contributed by atoms with Crippen LogP contribution in [-0.4, -0.2) is 74.7 Å². The van der Waals surface area contributed by atoms with Gasteiger partial charge in [0.15, 0.2) is 0 Å². The van der Waals surface area contributed by atoms with Crippen LogP contribution < -0.4 is 5.32 Å². The number of nitrogens with zero attached hydrogens (tertiary/aromatic N) is 2. The van der Waals surface area contributed by atoms with Gasteiger partial charge in [-0.1, -0.05) is 0 Å². The van der Waals surface area contributed by atoms with Crippen molar-refractivity contribution in [2.75, 3.05) is 53.0 Å². The van der Waals surface area contributed by atoms with Gasteiger partial charge in [-0.2, -0.15) is 0 Å². The van der Waals surface area contributed by atoms with E-state index in [0.29, 0.717) is 6.04 Å². The summed E-state index contributed by atoms with van der Waals surface area (Å²) in [6.07, 6.45) is 1.11. The van der Waals surface area contributed by atoms with Crippen LogP contribution in [0.15, 0.2) is 0 Å². The van der Waals surface area contributed by atoms with Gasteiger partial charge in [0, 0.05) is 52.4 Å².